The van der Waals surface area contributed by atoms with Gasteiger partial charge in [-0.25, -0.2) is 0 Å². The fraction of sp³-hybridized carbons (Fsp3) is 0.133. The molecule has 15 heteroatoms. The molecule has 7 nitrogen and oxygen atoms in total. The number of hydrogen-bond acceptors (Lipinski definition) is 7. The van der Waals surface area contributed by atoms with E-state index in [1.165, 1.54) is 30.3 Å². The molecule has 0 saturated heterocycles. The van der Waals surface area contributed by atoms with Crippen molar-refractivity contribution in [2.24, 2.45) is 0 Å². The summed E-state index contributed by atoms with van der Waals surface area (Å²) in [5, 5.41) is 0. The van der Waals surface area contributed by atoms with Crippen molar-refractivity contribution in [3.05, 3.63) is 59.7 Å². The molecule has 0 unspecified atom stereocenters. The third-order valence-corrected chi connectivity index (χ3v) is 5.15. The zero-order valence-electron chi connectivity index (χ0n) is 14.1. The zero-order chi connectivity index (χ0) is 23.0. The lowest BCUT2D eigenvalue weighted by Crippen LogP contribution is -2.29. The Morgan fingerprint density at radius 2 is 1.23 bits per heavy atom. The van der Waals surface area contributed by atoms with E-state index in [9.17, 15) is 48.0 Å². The second-order valence-electron chi connectivity index (χ2n) is 5.32. The van der Waals surface area contributed by atoms with Crippen molar-refractivity contribution >= 4 is 26.0 Å². The van der Waals surface area contributed by atoms with Crippen molar-refractivity contribution in [1.82, 2.24) is 0 Å². The smallest absolute Gasteiger partial charge is 0.376 e. The average Bonchev–Trinajstić information content (AvgIpc) is 2.59. The molecule has 0 amide bonds. The standard InChI is InChI=1S/C15H8F6O7S2/c16-14(17,18)29(23,24)27-10-6-7-11(13(22)9-4-2-1-3-5-9)12(8-10)28-30(25,26)15(19,20)21/h1-8H. The molecule has 30 heavy (non-hydrogen) atoms. The van der Waals surface area contributed by atoms with E-state index in [1.54, 1.807) is 0 Å². The van der Waals surface area contributed by atoms with Gasteiger partial charge in [0.15, 0.2) is 11.5 Å². The maximum absolute atomic E-state index is 12.6. The summed E-state index contributed by atoms with van der Waals surface area (Å²) in [6, 6.07) is 7.81. The molecule has 0 aliphatic heterocycles. The molecule has 2 aromatic rings. The molecule has 0 atom stereocenters. The van der Waals surface area contributed by atoms with Crippen LogP contribution in [0, 0.1) is 0 Å². The summed E-state index contributed by atoms with van der Waals surface area (Å²) in [4.78, 5) is 12.5. The van der Waals surface area contributed by atoms with Gasteiger partial charge in [0.2, 0.25) is 0 Å². The van der Waals surface area contributed by atoms with Crippen LogP contribution in [0.1, 0.15) is 15.9 Å². The molecule has 0 saturated carbocycles. The maximum atomic E-state index is 12.6. The molecule has 0 N–H and O–H groups in total. The number of benzene rings is 2. The van der Waals surface area contributed by atoms with Gasteiger partial charge in [0, 0.05) is 11.6 Å². The highest BCUT2D eigenvalue weighted by Crippen LogP contribution is 2.34. The minimum Gasteiger partial charge on any atom is -0.376 e. The zero-order valence-corrected chi connectivity index (χ0v) is 15.7. The Balaban J connectivity index is 2.59. The molecule has 0 aromatic heterocycles. The molecular weight excluding hydrogens is 470 g/mol. The monoisotopic (exact) mass is 478 g/mol. The summed E-state index contributed by atoms with van der Waals surface area (Å²) in [6.45, 7) is 0. The number of alkyl halides is 6. The summed E-state index contributed by atoms with van der Waals surface area (Å²) in [5.41, 5.74) is -12.8. The summed E-state index contributed by atoms with van der Waals surface area (Å²) in [6.07, 6.45) is 0. The number of halogens is 6. The van der Waals surface area contributed by atoms with E-state index in [4.69, 9.17) is 0 Å². The number of carbonyl (C=O) groups is 1. The van der Waals surface area contributed by atoms with Crippen LogP contribution in [-0.2, 0) is 20.2 Å². The Morgan fingerprint density at radius 3 is 1.73 bits per heavy atom. The van der Waals surface area contributed by atoms with Crippen molar-refractivity contribution in [3.8, 4) is 11.5 Å². The summed E-state index contributed by atoms with van der Waals surface area (Å²) < 4.78 is 127. The van der Waals surface area contributed by atoms with E-state index in [-0.39, 0.29) is 11.6 Å². The van der Waals surface area contributed by atoms with Gasteiger partial charge in [-0.15, -0.1) is 0 Å². The van der Waals surface area contributed by atoms with Crippen LogP contribution in [0.2, 0.25) is 0 Å². The Labute approximate surface area is 165 Å². The minimum absolute atomic E-state index is 0.1000. The summed E-state index contributed by atoms with van der Waals surface area (Å²) in [5.74, 6) is -3.70. The van der Waals surface area contributed by atoms with Gasteiger partial charge in [-0.1, -0.05) is 30.3 Å². The van der Waals surface area contributed by atoms with Crippen LogP contribution in [0.3, 0.4) is 0 Å². The predicted molar refractivity (Wildman–Crippen MR) is 87.5 cm³/mol. The molecule has 0 bridgehead atoms. The molecule has 0 radical (unpaired) electrons. The lowest BCUT2D eigenvalue weighted by Gasteiger charge is -2.15. The van der Waals surface area contributed by atoms with Crippen molar-refractivity contribution in [3.63, 3.8) is 0 Å². The van der Waals surface area contributed by atoms with E-state index in [0.29, 0.717) is 12.1 Å². The Hall–Kier alpha value is -2.81. The molecule has 0 spiro atoms. The number of hydrogen-bond donors (Lipinski definition) is 0. The van der Waals surface area contributed by atoms with Crippen molar-refractivity contribution < 1.29 is 56.3 Å². The van der Waals surface area contributed by atoms with Crippen LogP contribution in [0.15, 0.2) is 48.5 Å². The highest BCUT2D eigenvalue weighted by molar-refractivity contribution is 7.88. The van der Waals surface area contributed by atoms with Crippen LogP contribution >= 0.6 is 0 Å². The van der Waals surface area contributed by atoms with Crippen LogP contribution in [0.5, 0.6) is 11.5 Å². The van der Waals surface area contributed by atoms with Crippen molar-refractivity contribution in [2.75, 3.05) is 0 Å². The van der Waals surface area contributed by atoms with Crippen LogP contribution in [-0.4, -0.2) is 33.6 Å². The number of carbonyl (C=O) groups excluding carboxylic acids is 1. The van der Waals surface area contributed by atoms with Gasteiger partial charge in [-0.05, 0) is 12.1 Å². The van der Waals surface area contributed by atoms with Crippen molar-refractivity contribution in [1.29, 1.82) is 0 Å². The highest BCUT2D eigenvalue weighted by Gasteiger charge is 2.50. The number of ketones is 1. The van der Waals surface area contributed by atoms with Crippen molar-refractivity contribution in [2.45, 2.75) is 11.0 Å². The minimum atomic E-state index is -6.36. The van der Waals surface area contributed by atoms with Gasteiger partial charge in [0.05, 0.1) is 5.56 Å². The van der Waals surface area contributed by atoms with Crippen LogP contribution in [0.4, 0.5) is 26.3 Å². The summed E-state index contributed by atoms with van der Waals surface area (Å²) >= 11 is 0. The van der Waals surface area contributed by atoms with Crippen LogP contribution in [0.25, 0.3) is 0 Å². The highest BCUT2D eigenvalue weighted by atomic mass is 32.2. The Bertz CT molecular complexity index is 1150. The maximum Gasteiger partial charge on any atom is 0.534 e. The number of rotatable bonds is 6. The second kappa shape index (κ2) is 7.79. The first kappa shape index (κ1) is 23.5. The van der Waals surface area contributed by atoms with Gasteiger partial charge in [-0.3, -0.25) is 4.79 Å². The van der Waals surface area contributed by atoms with E-state index >= 15 is 0 Å². The Morgan fingerprint density at radius 1 is 0.733 bits per heavy atom. The molecule has 0 aliphatic carbocycles. The third-order valence-electron chi connectivity index (χ3n) is 3.21. The predicted octanol–water partition coefficient (Wildman–Crippen LogP) is 3.37. The topological polar surface area (TPSA) is 104 Å². The molecular formula is C15H8F6O7S2. The van der Waals surface area contributed by atoms with Gasteiger partial charge >= 0.3 is 31.3 Å². The molecule has 2 rings (SSSR count). The molecule has 0 fully saturated rings. The first-order valence-corrected chi connectivity index (χ1v) is 10.1. The van der Waals surface area contributed by atoms with Gasteiger partial charge < -0.3 is 8.37 Å². The molecule has 164 valence electrons. The fourth-order valence-electron chi connectivity index (χ4n) is 1.90. The first-order valence-electron chi connectivity index (χ1n) is 7.30. The van der Waals surface area contributed by atoms with E-state index in [1.807, 2.05) is 0 Å². The SMILES string of the molecule is O=C(c1ccccc1)c1ccc(OS(=O)(=O)C(F)(F)F)cc1OS(=O)(=O)C(F)(F)F. The second-order valence-corrected chi connectivity index (χ2v) is 8.40. The Kier molecular flexibility index (Phi) is 6.09. The van der Waals surface area contributed by atoms with Gasteiger partial charge in [0.25, 0.3) is 0 Å². The summed E-state index contributed by atoms with van der Waals surface area (Å²) in [7, 11) is -12.6. The van der Waals surface area contributed by atoms with Crippen LogP contribution < -0.4 is 8.37 Å². The first-order chi connectivity index (χ1) is 13.6. The molecule has 2 aromatic carbocycles. The third kappa shape index (κ3) is 5.02. The average molecular weight is 478 g/mol. The van der Waals surface area contributed by atoms with Gasteiger partial charge in [-0.2, -0.15) is 43.2 Å². The largest absolute Gasteiger partial charge is 0.534 e. The lowest BCUT2D eigenvalue weighted by atomic mass is 10.0. The molecule has 0 heterocycles. The van der Waals surface area contributed by atoms with Gasteiger partial charge in [0.1, 0.15) is 5.75 Å². The normalized spacial score (nSPS) is 13.0. The van der Waals surface area contributed by atoms with E-state index in [2.05, 4.69) is 8.37 Å². The fourth-order valence-corrected chi connectivity index (χ4v) is 2.82. The quantitative estimate of drug-likeness (QED) is 0.271. The van der Waals surface area contributed by atoms with E-state index in [0.717, 1.165) is 0 Å². The van der Waals surface area contributed by atoms with E-state index < -0.39 is 54.1 Å². The lowest BCUT2D eigenvalue weighted by molar-refractivity contribution is -0.0502. The molecule has 0 aliphatic rings.